The molecule has 1 fully saturated rings. The highest BCUT2D eigenvalue weighted by molar-refractivity contribution is 7.99. The zero-order valence-corrected chi connectivity index (χ0v) is 8.76. The molecule has 0 bridgehead atoms. The van der Waals surface area contributed by atoms with Crippen LogP contribution in [0.1, 0.15) is 12.8 Å². The van der Waals surface area contributed by atoms with Crippen molar-refractivity contribution < 1.29 is 0 Å². The summed E-state index contributed by atoms with van der Waals surface area (Å²) in [4.78, 5) is 8.19. The van der Waals surface area contributed by atoms with Crippen molar-refractivity contribution >= 4 is 17.6 Å². The molecule has 5 heteroatoms. The third kappa shape index (κ3) is 2.36. The summed E-state index contributed by atoms with van der Waals surface area (Å²) in [7, 11) is 0. The van der Waals surface area contributed by atoms with Gasteiger partial charge in [0.2, 0.25) is 0 Å². The second-order valence-corrected chi connectivity index (χ2v) is 4.36. The number of aromatic nitrogens is 2. The number of anilines is 1. The molecule has 0 radical (unpaired) electrons. The Morgan fingerprint density at radius 2 is 2.36 bits per heavy atom. The Balaban J connectivity index is 1.88. The van der Waals surface area contributed by atoms with Crippen molar-refractivity contribution in [3.8, 4) is 0 Å². The minimum absolute atomic E-state index is 0.537. The van der Waals surface area contributed by atoms with Crippen LogP contribution in [0.5, 0.6) is 0 Å². The predicted octanol–water partition coefficient (Wildman–Crippen LogP) is 0.903. The average molecular weight is 210 g/mol. The van der Waals surface area contributed by atoms with E-state index in [1.165, 1.54) is 12.8 Å². The van der Waals surface area contributed by atoms with E-state index in [1.54, 1.807) is 24.2 Å². The van der Waals surface area contributed by atoms with Gasteiger partial charge in [-0.3, -0.25) is 0 Å². The first-order chi connectivity index (χ1) is 6.86. The molecule has 1 saturated heterocycles. The van der Waals surface area contributed by atoms with Crippen LogP contribution < -0.4 is 11.1 Å². The van der Waals surface area contributed by atoms with E-state index in [4.69, 9.17) is 5.73 Å². The van der Waals surface area contributed by atoms with E-state index in [0.717, 1.165) is 17.3 Å². The molecular formula is C9H14N4S. The normalized spacial score (nSPS) is 21.3. The van der Waals surface area contributed by atoms with E-state index in [2.05, 4.69) is 15.3 Å². The van der Waals surface area contributed by atoms with Crippen LogP contribution in [0.2, 0.25) is 0 Å². The Morgan fingerprint density at radius 3 is 3.07 bits per heavy atom. The first kappa shape index (κ1) is 9.73. The van der Waals surface area contributed by atoms with E-state index < -0.39 is 0 Å². The molecule has 0 aliphatic carbocycles. The molecule has 1 atom stereocenters. The van der Waals surface area contributed by atoms with E-state index in [-0.39, 0.29) is 0 Å². The molecule has 0 spiro atoms. The molecule has 4 nitrogen and oxygen atoms in total. The van der Waals surface area contributed by atoms with Gasteiger partial charge in [-0.25, -0.2) is 9.97 Å². The van der Waals surface area contributed by atoms with Crippen molar-refractivity contribution in [3.63, 3.8) is 0 Å². The Hall–Kier alpha value is -0.810. The topological polar surface area (TPSA) is 63.8 Å². The van der Waals surface area contributed by atoms with Gasteiger partial charge in [-0.05, 0) is 19.4 Å². The van der Waals surface area contributed by atoms with Crippen LogP contribution in [0.25, 0.3) is 0 Å². The van der Waals surface area contributed by atoms with Crippen LogP contribution in [0.3, 0.4) is 0 Å². The molecule has 0 unspecified atom stereocenters. The second-order valence-electron chi connectivity index (χ2n) is 3.35. The van der Waals surface area contributed by atoms with Crippen LogP contribution >= 0.6 is 11.8 Å². The number of nitrogens with one attached hydrogen (secondary N) is 1. The van der Waals surface area contributed by atoms with Gasteiger partial charge in [0.15, 0.2) is 5.82 Å². The van der Waals surface area contributed by atoms with Gasteiger partial charge >= 0.3 is 0 Å². The molecule has 0 amide bonds. The van der Waals surface area contributed by atoms with E-state index >= 15 is 0 Å². The quantitative estimate of drug-likeness (QED) is 0.726. The van der Waals surface area contributed by atoms with Crippen LogP contribution in [0, 0.1) is 0 Å². The number of nitrogens with zero attached hydrogens (tertiary/aromatic N) is 2. The van der Waals surface area contributed by atoms with Crippen LogP contribution in [-0.2, 0) is 0 Å². The number of hydrogen-bond acceptors (Lipinski definition) is 5. The molecule has 76 valence electrons. The van der Waals surface area contributed by atoms with Crippen molar-refractivity contribution in [2.24, 2.45) is 0 Å². The number of hydrogen-bond donors (Lipinski definition) is 2. The van der Waals surface area contributed by atoms with Crippen molar-refractivity contribution in [3.05, 3.63) is 12.4 Å². The summed E-state index contributed by atoms with van der Waals surface area (Å²) in [6.45, 7) is 1.14. The standard InChI is InChI=1S/C9H14N4S/c10-8-9(13-5-4-12-8)14-6-7-2-1-3-11-7/h4-5,7,11H,1-3,6H2,(H2,10,12)/t7-/m1/s1. The predicted molar refractivity (Wildman–Crippen MR) is 58.2 cm³/mol. The minimum atomic E-state index is 0.537. The summed E-state index contributed by atoms with van der Waals surface area (Å²) in [5.41, 5.74) is 5.69. The van der Waals surface area contributed by atoms with E-state index in [0.29, 0.717) is 11.9 Å². The monoisotopic (exact) mass is 210 g/mol. The highest BCUT2D eigenvalue weighted by atomic mass is 32.2. The molecule has 2 rings (SSSR count). The van der Waals surface area contributed by atoms with Gasteiger partial charge in [0.05, 0.1) is 0 Å². The number of nitrogen functional groups attached to an aromatic ring is 1. The molecule has 0 saturated carbocycles. The van der Waals surface area contributed by atoms with Crippen molar-refractivity contribution in [2.75, 3.05) is 18.0 Å². The number of nitrogens with two attached hydrogens (primary N) is 1. The third-order valence-corrected chi connectivity index (χ3v) is 3.43. The SMILES string of the molecule is Nc1nccnc1SC[C@H]1CCCN1. The minimum Gasteiger partial charge on any atom is -0.381 e. The molecule has 1 aliphatic rings. The summed E-state index contributed by atoms with van der Waals surface area (Å²) in [6.07, 6.45) is 5.84. The lowest BCUT2D eigenvalue weighted by molar-refractivity contribution is 0.673. The summed E-state index contributed by atoms with van der Waals surface area (Å²) >= 11 is 1.68. The van der Waals surface area contributed by atoms with Gasteiger partial charge in [0.1, 0.15) is 5.03 Å². The van der Waals surface area contributed by atoms with Crippen molar-refractivity contribution in [1.82, 2.24) is 15.3 Å². The largest absolute Gasteiger partial charge is 0.381 e. The highest BCUT2D eigenvalue weighted by Crippen LogP contribution is 2.22. The first-order valence-corrected chi connectivity index (χ1v) is 5.77. The lowest BCUT2D eigenvalue weighted by atomic mass is 10.3. The Labute approximate surface area is 87.7 Å². The van der Waals surface area contributed by atoms with Gasteiger partial charge in [-0.2, -0.15) is 0 Å². The fourth-order valence-electron chi connectivity index (χ4n) is 1.53. The van der Waals surface area contributed by atoms with Gasteiger partial charge in [0, 0.05) is 24.2 Å². The average Bonchev–Trinajstić information content (AvgIpc) is 2.69. The summed E-state index contributed by atoms with van der Waals surface area (Å²) < 4.78 is 0. The summed E-state index contributed by atoms with van der Waals surface area (Å²) in [6, 6.07) is 0.612. The van der Waals surface area contributed by atoms with Gasteiger partial charge in [0.25, 0.3) is 0 Å². The molecule has 0 aromatic carbocycles. The van der Waals surface area contributed by atoms with Crippen molar-refractivity contribution in [1.29, 1.82) is 0 Å². The zero-order valence-electron chi connectivity index (χ0n) is 7.94. The fraction of sp³-hybridized carbons (Fsp3) is 0.556. The molecule has 2 heterocycles. The third-order valence-electron chi connectivity index (χ3n) is 2.27. The number of thioether (sulfide) groups is 1. The second kappa shape index (κ2) is 4.61. The van der Waals surface area contributed by atoms with Gasteiger partial charge < -0.3 is 11.1 Å². The molecule has 1 aromatic heterocycles. The maximum atomic E-state index is 5.69. The molecule has 14 heavy (non-hydrogen) atoms. The maximum absolute atomic E-state index is 5.69. The lowest BCUT2D eigenvalue weighted by Gasteiger charge is -2.09. The molecule has 1 aromatic rings. The van der Waals surface area contributed by atoms with E-state index in [9.17, 15) is 0 Å². The smallest absolute Gasteiger partial charge is 0.156 e. The van der Waals surface area contributed by atoms with Crippen LogP contribution in [-0.4, -0.2) is 28.3 Å². The maximum Gasteiger partial charge on any atom is 0.156 e. The Bertz CT molecular complexity index is 299. The fourth-order valence-corrected chi connectivity index (χ4v) is 2.51. The van der Waals surface area contributed by atoms with Crippen LogP contribution in [0.15, 0.2) is 17.4 Å². The highest BCUT2D eigenvalue weighted by Gasteiger charge is 2.14. The van der Waals surface area contributed by atoms with Gasteiger partial charge in [-0.15, -0.1) is 11.8 Å². The van der Waals surface area contributed by atoms with Crippen LogP contribution in [0.4, 0.5) is 5.82 Å². The van der Waals surface area contributed by atoms with Gasteiger partial charge in [-0.1, -0.05) is 0 Å². The van der Waals surface area contributed by atoms with Crippen molar-refractivity contribution in [2.45, 2.75) is 23.9 Å². The number of rotatable bonds is 3. The first-order valence-electron chi connectivity index (χ1n) is 4.79. The summed E-state index contributed by atoms with van der Waals surface area (Å²) in [5.74, 6) is 1.57. The lowest BCUT2D eigenvalue weighted by Crippen LogP contribution is -2.23. The molecule has 1 aliphatic heterocycles. The molecule has 3 N–H and O–H groups in total. The molecular weight excluding hydrogens is 196 g/mol. The van der Waals surface area contributed by atoms with E-state index in [1.807, 2.05) is 0 Å². The summed E-state index contributed by atoms with van der Waals surface area (Å²) in [5, 5.41) is 4.28. The zero-order chi connectivity index (χ0) is 9.80. The Morgan fingerprint density at radius 1 is 1.50 bits per heavy atom. The Kier molecular flexibility index (Phi) is 3.21.